The number of nitrogens with zero attached hydrogens (tertiary/aromatic N) is 1. The minimum absolute atomic E-state index is 0.00118. The summed E-state index contributed by atoms with van der Waals surface area (Å²) in [5.41, 5.74) is 3.78. The SMILES string of the molecule is CN=C(N)NCOc1cc(C(=O)O)c2c3c1OC1OC(C(O)OC(=O)c4cc(OC)c(O)c(OCCc5ccccc5)c4O)C(O)C(O)(CC#CC(C3)C(CC(C)C)C(C)N2)C1O. The van der Waals surface area contributed by atoms with E-state index in [1.165, 1.54) is 20.2 Å². The number of hydrogen-bond donors (Lipinski definition) is 10. The molecule has 4 bridgehead atoms. The van der Waals surface area contributed by atoms with E-state index in [0.717, 1.165) is 11.6 Å². The highest BCUT2D eigenvalue weighted by Crippen LogP contribution is 2.49. The van der Waals surface area contributed by atoms with E-state index in [4.69, 9.17) is 34.2 Å². The van der Waals surface area contributed by atoms with Gasteiger partial charge in [-0.25, -0.2) is 9.59 Å². The molecule has 1 fully saturated rings. The summed E-state index contributed by atoms with van der Waals surface area (Å²) in [5, 5.41) is 85.5. The van der Waals surface area contributed by atoms with Gasteiger partial charge in [-0.15, -0.1) is 0 Å². The van der Waals surface area contributed by atoms with Gasteiger partial charge >= 0.3 is 11.9 Å². The lowest BCUT2D eigenvalue weighted by Crippen LogP contribution is -2.69. The van der Waals surface area contributed by atoms with Crippen molar-refractivity contribution in [1.29, 1.82) is 0 Å². The number of anilines is 1. The number of aliphatic hydroxyl groups is 4. The summed E-state index contributed by atoms with van der Waals surface area (Å²) >= 11 is 0. The fourth-order valence-corrected chi connectivity index (χ4v) is 8.03. The second kappa shape index (κ2) is 19.5. The maximum absolute atomic E-state index is 13.7. The first-order valence-electron chi connectivity index (χ1n) is 20.3. The zero-order valence-corrected chi connectivity index (χ0v) is 35.4. The number of nitrogens with one attached hydrogen (secondary N) is 2. The number of carbonyl (C=O) groups is 2. The second-order valence-electron chi connectivity index (χ2n) is 16.0. The number of hydrogen-bond acceptors (Lipinski definition) is 16. The van der Waals surface area contributed by atoms with Gasteiger partial charge in [-0.1, -0.05) is 56.0 Å². The van der Waals surface area contributed by atoms with Crippen molar-refractivity contribution in [1.82, 2.24) is 5.32 Å². The van der Waals surface area contributed by atoms with Crippen LogP contribution in [-0.2, 0) is 22.3 Å². The topological polar surface area (TPSA) is 294 Å². The number of ether oxygens (including phenoxy) is 6. The second-order valence-corrected chi connectivity index (χ2v) is 16.0. The third-order valence-corrected chi connectivity index (χ3v) is 11.4. The number of benzene rings is 3. The highest BCUT2D eigenvalue weighted by atomic mass is 16.7. The Morgan fingerprint density at radius 3 is 2.46 bits per heavy atom. The first kappa shape index (κ1) is 46.3. The molecule has 0 amide bonds. The van der Waals surface area contributed by atoms with Crippen LogP contribution in [0.4, 0.5) is 5.69 Å². The van der Waals surface area contributed by atoms with Gasteiger partial charge in [0.2, 0.25) is 24.1 Å². The predicted octanol–water partition coefficient (Wildman–Crippen LogP) is 2.07. The molecule has 63 heavy (non-hydrogen) atoms. The Kier molecular flexibility index (Phi) is 14.3. The van der Waals surface area contributed by atoms with Crippen molar-refractivity contribution in [2.45, 2.75) is 89.0 Å². The smallest absolute Gasteiger partial charge is 0.344 e. The Hall–Kier alpha value is -6.17. The molecule has 3 aliphatic heterocycles. The third kappa shape index (κ3) is 9.75. The van der Waals surface area contributed by atoms with E-state index in [1.807, 2.05) is 51.1 Å². The standard InChI is InChI=1S/C44H54N4O15/c1-21(2)16-25-22(3)48-31-26-17-24(25)12-9-14-44(57)37(51)36(62-42(38(44)52)61-34(26)30(18-27(31)39(53)54)60-20-47-43(45)46-4)41(56)63-40(55)28-19-29(58-5)33(50)35(32(28)49)59-15-13-23-10-7-6-8-11-23/h6-8,10-11,18-19,21-22,24-25,36-38,41-42,48-52,56-57H,13-17,20H2,1-5H3,(H,53,54)(H3,45,46,47). The Morgan fingerprint density at radius 1 is 1.08 bits per heavy atom. The van der Waals surface area contributed by atoms with Gasteiger partial charge in [0.05, 0.1) is 25.0 Å². The fraction of sp³-hybridized carbons (Fsp3) is 0.477. The molecular formula is C44H54N4O15. The molecule has 3 aromatic carbocycles. The molecule has 0 aromatic heterocycles. The van der Waals surface area contributed by atoms with E-state index in [-0.39, 0.29) is 77.7 Å². The van der Waals surface area contributed by atoms with Crippen LogP contribution < -0.4 is 35.3 Å². The van der Waals surface area contributed by atoms with Crippen LogP contribution >= 0.6 is 0 Å². The number of rotatable bonds is 14. The largest absolute Gasteiger partial charge is 0.504 e. The Balaban J connectivity index is 1.37. The van der Waals surface area contributed by atoms with Crippen LogP contribution in [0.1, 0.15) is 65.5 Å². The quantitative estimate of drug-likeness (QED) is 0.0365. The molecular weight excluding hydrogens is 824 g/mol. The van der Waals surface area contributed by atoms with Crippen LogP contribution in [0.25, 0.3) is 0 Å². The molecule has 6 rings (SSSR count). The zero-order valence-electron chi connectivity index (χ0n) is 35.4. The number of methoxy groups -OCH3 is 1. The van der Waals surface area contributed by atoms with Gasteiger partial charge in [0, 0.05) is 49.5 Å². The molecule has 9 atom stereocenters. The number of aliphatic imine (C=N–C) groups is 1. The van der Waals surface area contributed by atoms with Gasteiger partial charge < -0.3 is 80.5 Å². The lowest BCUT2D eigenvalue weighted by molar-refractivity contribution is -0.337. The van der Waals surface area contributed by atoms with Crippen LogP contribution in [0, 0.1) is 29.6 Å². The number of carbonyl (C=O) groups excluding carboxylic acids is 1. The number of carboxylic acids is 1. The molecule has 3 aromatic rings. The maximum atomic E-state index is 13.7. The molecule has 3 heterocycles. The molecule has 0 spiro atoms. The fourth-order valence-electron chi connectivity index (χ4n) is 8.03. The average molecular weight is 879 g/mol. The van der Waals surface area contributed by atoms with Crippen molar-refractivity contribution in [2.75, 3.05) is 32.8 Å². The van der Waals surface area contributed by atoms with Crippen LogP contribution in [0.2, 0.25) is 0 Å². The van der Waals surface area contributed by atoms with Crippen LogP contribution in [0.5, 0.6) is 34.5 Å². The number of phenolic OH excluding ortho intramolecular Hbond substituents is 2. The van der Waals surface area contributed by atoms with Gasteiger partial charge in [0.25, 0.3) is 0 Å². The number of aromatic hydroxyl groups is 2. The normalized spacial score (nSPS) is 25.7. The monoisotopic (exact) mass is 878 g/mol. The lowest BCUT2D eigenvalue weighted by Gasteiger charge is -2.48. The number of esters is 1. The molecule has 11 N–H and O–H groups in total. The van der Waals surface area contributed by atoms with Gasteiger partial charge in [0.15, 0.2) is 41.8 Å². The molecule has 0 aliphatic carbocycles. The third-order valence-electron chi connectivity index (χ3n) is 11.4. The molecule has 19 heteroatoms. The number of carboxylic acid groups (broad SMARTS) is 1. The number of guanidine groups is 1. The summed E-state index contributed by atoms with van der Waals surface area (Å²) in [4.78, 5) is 30.3. The molecule has 0 radical (unpaired) electrons. The van der Waals surface area contributed by atoms with Crippen molar-refractivity contribution < 1.29 is 73.8 Å². The highest BCUT2D eigenvalue weighted by molar-refractivity contribution is 5.97. The van der Waals surface area contributed by atoms with Gasteiger partial charge in [-0.3, -0.25) is 4.99 Å². The Morgan fingerprint density at radius 2 is 1.79 bits per heavy atom. The predicted molar refractivity (Wildman–Crippen MR) is 225 cm³/mol. The highest BCUT2D eigenvalue weighted by Gasteiger charge is 2.59. The number of fused-ring (bicyclic) bond motifs is 3. The summed E-state index contributed by atoms with van der Waals surface area (Å²) in [6, 6.07) is 11.0. The minimum atomic E-state index is -2.60. The minimum Gasteiger partial charge on any atom is -0.504 e. The number of phenols is 2. The van der Waals surface area contributed by atoms with E-state index in [2.05, 4.69) is 27.5 Å². The van der Waals surface area contributed by atoms with Gasteiger partial charge in [-0.05, 0) is 37.2 Å². The van der Waals surface area contributed by atoms with Gasteiger partial charge in [0.1, 0.15) is 23.4 Å². The number of aliphatic hydroxyl groups excluding tert-OH is 3. The molecule has 19 nitrogen and oxygen atoms in total. The average Bonchev–Trinajstić information content (AvgIpc) is 3.38. The molecule has 0 saturated carbocycles. The molecule has 9 unspecified atom stereocenters. The first-order chi connectivity index (χ1) is 30.0. The van der Waals surface area contributed by atoms with E-state index in [0.29, 0.717) is 12.8 Å². The molecule has 3 aliphatic rings. The lowest BCUT2D eigenvalue weighted by atomic mass is 9.78. The van der Waals surface area contributed by atoms with Crippen molar-refractivity contribution in [3.8, 4) is 46.3 Å². The molecule has 1 saturated heterocycles. The van der Waals surface area contributed by atoms with Crippen LogP contribution in [0.15, 0.2) is 47.5 Å². The summed E-state index contributed by atoms with van der Waals surface area (Å²) in [6.45, 7) is 5.62. The van der Waals surface area contributed by atoms with Gasteiger partial charge in [-0.2, -0.15) is 0 Å². The van der Waals surface area contributed by atoms with E-state index in [1.54, 1.807) is 0 Å². The first-order valence-corrected chi connectivity index (χ1v) is 20.3. The van der Waals surface area contributed by atoms with E-state index >= 15 is 0 Å². The van der Waals surface area contributed by atoms with Crippen molar-refractivity contribution in [3.05, 3.63) is 64.7 Å². The van der Waals surface area contributed by atoms with Crippen molar-refractivity contribution >= 4 is 23.6 Å². The number of aromatic carboxylic acids is 1. The van der Waals surface area contributed by atoms with E-state index < -0.39 is 83.6 Å². The summed E-state index contributed by atoms with van der Waals surface area (Å²) < 4.78 is 34.4. The Bertz CT molecular complexity index is 2250. The van der Waals surface area contributed by atoms with Crippen LogP contribution in [-0.4, -0.2) is 124 Å². The molecule has 340 valence electrons. The van der Waals surface area contributed by atoms with Crippen LogP contribution in [0.3, 0.4) is 0 Å². The van der Waals surface area contributed by atoms with Crippen molar-refractivity contribution in [3.63, 3.8) is 0 Å². The number of nitrogens with two attached hydrogens (primary N) is 1. The summed E-state index contributed by atoms with van der Waals surface area (Å²) in [7, 11) is 2.63. The zero-order chi connectivity index (χ0) is 45.7. The van der Waals surface area contributed by atoms with Crippen molar-refractivity contribution in [2.24, 2.45) is 28.5 Å². The van der Waals surface area contributed by atoms with E-state index in [9.17, 15) is 45.3 Å². The maximum Gasteiger partial charge on any atom is 0.344 e. The summed E-state index contributed by atoms with van der Waals surface area (Å²) in [6.07, 6.45) is -10.2. The Labute approximate surface area is 363 Å². The summed E-state index contributed by atoms with van der Waals surface area (Å²) in [5.74, 6) is 0.409.